The molecule has 0 fully saturated rings. The number of nitrogens with zero attached hydrogens (tertiary/aromatic N) is 3. The Hall–Kier alpha value is -2.72. The first-order chi connectivity index (χ1) is 12.8. The van der Waals surface area contributed by atoms with E-state index in [2.05, 4.69) is 65.6 Å². The SMILES string of the molecule is Cc1nc(N2CCc3ccccc3C2)c2sc(-c3ccccc3)cc2n1. The van der Waals surface area contributed by atoms with Gasteiger partial charge in [-0.05, 0) is 36.1 Å². The molecule has 0 saturated heterocycles. The van der Waals surface area contributed by atoms with Crippen LogP contribution in [0, 0.1) is 6.92 Å². The van der Waals surface area contributed by atoms with Crippen LogP contribution < -0.4 is 4.90 Å². The Morgan fingerprint density at radius 3 is 2.54 bits per heavy atom. The molecule has 2 aromatic heterocycles. The standard InChI is InChI=1S/C22H19N3S/c1-15-23-19-13-20(17-8-3-2-4-9-17)26-21(19)22(24-15)25-12-11-16-7-5-6-10-18(16)14-25/h2-10,13H,11-12,14H2,1H3. The van der Waals surface area contributed by atoms with Crippen molar-refractivity contribution in [2.45, 2.75) is 19.9 Å². The number of rotatable bonds is 2. The second-order valence-electron chi connectivity index (χ2n) is 6.73. The van der Waals surface area contributed by atoms with E-state index in [4.69, 9.17) is 9.97 Å². The molecule has 0 spiro atoms. The zero-order valence-electron chi connectivity index (χ0n) is 14.6. The van der Waals surface area contributed by atoms with E-state index in [9.17, 15) is 0 Å². The number of hydrogen-bond acceptors (Lipinski definition) is 4. The van der Waals surface area contributed by atoms with Crippen molar-refractivity contribution in [3.05, 3.63) is 77.6 Å². The zero-order chi connectivity index (χ0) is 17.5. The van der Waals surface area contributed by atoms with Gasteiger partial charge < -0.3 is 4.90 Å². The molecule has 3 heterocycles. The van der Waals surface area contributed by atoms with Gasteiger partial charge in [0.25, 0.3) is 0 Å². The Morgan fingerprint density at radius 2 is 1.69 bits per heavy atom. The van der Waals surface area contributed by atoms with Gasteiger partial charge in [-0.25, -0.2) is 9.97 Å². The maximum atomic E-state index is 4.83. The average Bonchev–Trinajstić information content (AvgIpc) is 3.11. The van der Waals surface area contributed by atoms with Crippen LogP contribution in [0.5, 0.6) is 0 Å². The van der Waals surface area contributed by atoms with Crippen LogP contribution in [0.15, 0.2) is 60.7 Å². The van der Waals surface area contributed by atoms with Crippen LogP contribution in [0.1, 0.15) is 17.0 Å². The zero-order valence-corrected chi connectivity index (χ0v) is 15.5. The van der Waals surface area contributed by atoms with Crippen molar-refractivity contribution in [3.63, 3.8) is 0 Å². The molecule has 0 amide bonds. The van der Waals surface area contributed by atoms with Crippen LogP contribution in [-0.4, -0.2) is 16.5 Å². The minimum Gasteiger partial charge on any atom is -0.351 e. The largest absolute Gasteiger partial charge is 0.351 e. The third-order valence-electron chi connectivity index (χ3n) is 4.95. The summed E-state index contributed by atoms with van der Waals surface area (Å²) in [7, 11) is 0. The Balaban J connectivity index is 1.61. The monoisotopic (exact) mass is 357 g/mol. The Morgan fingerprint density at radius 1 is 0.923 bits per heavy atom. The molecule has 4 aromatic rings. The lowest BCUT2D eigenvalue weighted by Crippen LogP contribution is -2.31. The minimum atomic E-state index is 0.837. The summed E-state index contributed by atoms with van der Waals surface area (Å²) < 4.78 is 1.19. The second-order valence-corrected chi connectivity index (χ2v) is 7.78. The van der Waals surface area contributed by atoms with Gasteiger partial charge in [0.1, 0.15) is 5.82 Å². The molecule has 128 valence electrons. The number of fused-ring (bicyclic) bond motifs is 2. The molecule has 3 nitrogen and oxygen atoms in total. The van der Waals surface area contributed by atoms with Gasteiger partial charge in [-0.1, -0.05) is 54.6 Å². The van der Waals surface area contributed by atoms with Crippen LogP contribution >= 0.6 is 11.3 Å². The fourth-order valence-electron chi connectivity index (χ4n) is 3.66. The maximum absolute atomic E-state index is 4.83. The number of anilines is 1. The molecular weight excluding hydrogens is 338 g/mol. The van der Waals surface area contributed by atoms with E-state index in [0.717, 1.165) is 36.7 Å². The van der Waals surface area contributed by atoms with E-state index in [0.29, 0.717) is 0 Å². The quantitative estimate of drug-likeness (QED) is 0.492. The van der Waals surface area contributed by atoms with Crippen molar-refractivity contribution in [3.8, 4) is 10.4 Å². The molecule has 4 heteroatoms. The summed E-state index contributed by atoms with van der Waals surface area (Å²) in [6, 6.07) is 21.5. The van der Waals surface area contributed by atoms with Gasteiger partial charge in [-0.3, -0.25) is 0 Å². The summed E-state index contributed by atoms with van der Waals surface area (Å²) >= 11 is 1.79. The highest BCUT2D eigenvalue weighted by Crippen LogP contribution is 2.38. The summed E-state index contributed by atoms with van der Waals surface area (Å²) in [5, 5.41) is 0. The number of aryl methyl sites for hydroxylation is 1. The van der Waals surface area contributed by atoms with Gasteiger partial charge in [0.05, 0.1) is 10.2 Å². The molecule has 0 N–H and O–H groups in total. The van der Waals surface area contributed by atoms with E-state index in [1.807, 2.05) is 6.92 Å². The van der Waals surface area contributed by atoms with Crippen LogP contribution in [0.4, 0.5) is 5.82 Å². The van der Waals surface area contributed by atoms with Gasteiger partial charge in [-0.15, -0.1) is 11.3 Å². The van der Waals surface area contributed by atoms with Crippen LogP contribution in [0.3, 0.4) is 0 Å². The summed E-state index contributed by atoms with van der Waals surface area (Å²) in [5.41, 5.74) is 5.16. The summed E-state index contributed by atoms with van der Waals surface area (Å²) in [5.74, 6) is 1.91. The number of aromatic nitrogens is 2. The lowest BCUT2D eigenvalue weighted by Gasteiger charge is -2.30. The molecule has 1 aliphatic heterocycles. The molecule has 26 heavy (non-hydrogen) atoms. The molecule has 0 aliphatic carbocycles. The van der Waals surface area contributed by atoms with Crippen LogP contribution in [0.2, 0.25) is 0 Å². The van der Waals surface area contributed by atoms with E-state index < -0.39 is 0 Å². The average molecular weight is 357 g/mol. The molecule has 1 aliphatic rings. The van der Waals surface area contributed by atoms with Gasteiger partial charge >= 0.3 is 0 Å². The highest BCUT2D eigenvalue weighted by atomic mass is 32.1. The van der Waals surface area contributed by atoms with E-state index >= 15 is 0 Å². The Bertz CT molecular complexity index is 1090. The van der Waals surface area contributed by atoms with Gasteiger partial charge in [0, 0.05) is 18.0 Å². The smallest absolute Gasteiger partial charge is 0.150 e. The highest BCUT2D eigenvalue weighted by Gasteiger charge is 2.21. The second kappa shape index (κ2) is 6.22. The lowest BCUT2D eigenvalue weighted by molar-refractivity contribution is 0.722. The van der Waals surface area contributed by atoms with Crippen molar-refractivity contribution < 1.29 is 0 Å². The Kier molecular flexibility index (Phi) is 3.71. The van der Waals surface area contributed by atoms with Gasteiger partial charge in [0.2, 0.25) is 0 Å². The van der Waals surface area contributed by atoms with E-state index in [-0.39, 0.29) is 0 Å². The first kappa shape index (κ1) is 15.5. The number of thiophene rings is 1. The molecule has 0 bridgehead atoms. The Labute approximate surface area is 157 Å². The molecule has 0 saturated carbocycles. The van der Waals surface area contributed by atoms with Gasteiger partial charge in [-0.2, -0.15) is 0 Å². The van der Waals surface area contributed by atoms with Crippen LogP contribution in [0.25, 0.3) is 20.7 Å². The predicted octanol–water partition coefficient (Wildman–Crippen LogP) is 5.23. The molecule has 0 unspecified atom stereocenters. The lowest BCUT2D eigenvalue weighted by atomic mass is 10.00. The van der Waals surface area contributed by atoms with Crippen molar-refractivity contribution in [1.29, 1.82) is 0 Å². The number of hydrogen-bond donors (Lipinski definition) is 0. The van der Waals surface area contributed by atoms with Crippen molar-refractivity contribution in [1.82, 2.24) is 9.97 Å². The topological polar surface area (TPSA) is 29.0 Å². The van der Waals surface area contributed by atoms with Crippen molar-refractivity contribution in [2.75, 3.05) is 11.4 Å². The normalized spacial score (nSPS) is 13.8. The van der Waals surface area contributed by atoms with Gasteiger partial charge in [0.15, 0.2) is 5.82 Å². The first-order valence-electron chi connectivity index (χ1n) is 8.93. The predicted molar refractivity (Wildman–Crippen MR) is 109 cm³/mol. The molecule has 2 aromatic carbocycles. The third kappa shape index (κ3) is 2.67. The first-order valence-corrected chi connectivity index (χ1v) is 9.75. The van der Waals surface area contributed by atoms with E-state index in [1.165, 1.54) is 26.3 Å². The minimum absolute atomic E-state index is 0.837. The van der Waals surface area contributed by atoms with Crippen molar-refractivity contribution in [2.24, 2.45) is 0 Å². The molecule has 5 rings (SSSR count). The molecule has 0 atom stereocenters. The van der Waals surface area contributed by atoms with E-state index in [1.54, 1.807) is 11.3 Å². The summed E-state index contributed by atoms with van der Waals surface area (Å²) in [6.45, 7) is 3.90. The van der Waals surface area contributed by atoms with Crippen molar-refractivity contribution >= 4 is 27.4 Å². The summed E-state index contributed by atoms with van der Waals surface area (Å²) in [6.07, 6.45) is 1.07. The number of benzene rings is 2. The fourth-order valence-corrected chi connectivity index (χ4v) is 4.78. The molecular formula is C22H19N3S. The fraction of sp³-hybridized carbons (Fsp3) is 0.182. The van der Waals surface area contributed by atoms with Crippen LogP contribution in [-0.2, 0) is 13.0 Å². The third-order valence-corrected chi connectivity index (χ3v) is 6.12. The highest BCUT2D eigenvalue weighted by molar-refractivity contribution is 7.22. The maximum Gasteiger partial charge on any atom is 0.150 e. The molecule has 0 radical (unpaired) electrons. The summed E-state index contributed by atoms with van der Waals surface area (Å²) in [4.78, 5) is 13.2.